The van der Waals surface area contributed by atoms with Gasteiger partial charge in [0.25, 0.3) is 0 Å². The van der Waals surface area contributed by atoms with Crippen LogP contribution in [0.1, 0.15) is 32.8 Å². The SMILES string of the molecule is CC(C)(C)C1CN(Cc2ccc(F)c(Br)c2)CCCN1. The van der Waals surface area contributed by atoms with Gasteiger partial charge in [-0.2, -0.15) is 0 Å². The molecule has 1 saturated heterocycles. The number of nitrogens with zero attached hydrogens (tertiary/aromatic N) is 1. The molecular formula is C16H24BrFN2. The van der Waals surface area contributed by atoms with Crippen LogP contribution in [0.3, 0.4) is 0 Å². The minimum absolute atomic E-state index is 0.196. The fourth-order valence-electron chi connectivity index (χ4n) is 2.61. The molecule has 0 aromatic heterocycles. The topological polar surface area (TPSA) is 15.3 Å². The largest absolute Gasteiger partial charge is 0.312 e. The summed E-state index contributed by atoms with van der Waals surface area (Å²) < 4.78 is 13.8. The van der Waals surface area contributed by atoms with Crippen LogP contribution >= 0.6 is 15.9 Å². The van der Waals surface area contributed by atoms with E-state index in [0.717, 1.165) is 38.2 Å². The fourth-order valence-corrected chi connectivity index (χ4v) is 3.04. The zero-order chi connectivity index (χ0) is 14.8. The van der Waals surface area contributed by atoms with Crippen LogP contribution in [-0.4, -0.2) is 30.6 Å². The molecule has 0 amide bonds. The van der Waals surface area contributed by atoms with Gasteiger partial charge in [-0.05, 0) is 58.6 Å². The van der Waals surface area contributed by atoms with Crippen molar-refractivity contribution in [3.05, 3.63) is 34.1 Å². The number of nitrogens with one attached hydrogen (secondary N) is 1. The molecule has 0 aliphatic carbocycles. The second kappa shape index (κ2) is 6.54. The molecule has 1 unspecified atom stereocenters. The summed E-state index contributed by atoms with van der Waals surface area (Å²) in [4.78, 5) is 2.47. The third-order valence-corrected chi connectivity index (χ3v) is 4.53. The second-order valence-corrected chi connectivity index (χ2v) is 7.56. The van der Waals surface area contributed by atoms with Crippen LogP contribution in [0.4, 0.5) is 4.39 Å². The standard InChI is InChI=1S/C16H24BrFN2/c1-16(2,3)15-11-20(8-4-7-19-15)10-12-5-6-14(18)13(17)9-12/h5-6,9,15,19H,4,7-8,10-11H2,1-3H3. The summed E-state index contributed by atoms with van der Waals surface area (Å²) in [6.07, 6.45) is 1.16. The average molecular weight is 343 g/mol. The van der Waals surface area contributed by atoms with Crippen LogP contribution in [0.15, 0.2) is 22.7 Å². The Morgan fingerprint density at radius 1 is 1.40 bits per heavy atom. The molecule has 1 atom stereocenters. The highest BCUT2D eigenvalue weighted by Gasteiger charge is 2.27. The van der Waals surface area contributed by atoms with Gasteiger partial charge in [0.15, 0.2) is 0 Å². The molecule has 1 fully saturated rings. The molecule has 2 nitrogen and oxygen atoms in total. The molecule has 1 aromatic carbocycles. The number of benzene rings is 1. The Kier molecular flexibility index (Phi) is 5.21. The van der Waals surface area contributed by atoms with E-state index in [1.165, 1.54) is 6.07 Å². The van der Waals surface area contributed by atoms with Crippen molar-refractivity contribution >= 4 is 15.9 Å². The van der Waals surface area contributed by atoms with E-state index in [2.05, 4.69) is 46.9 Å². The molecule has 1 aliphatic rings. The van der Waals surface area contributed by atoms with E-state index < -0.39 is 0 Å². The molecule has 0 radical (unpaired) electrons. The predicted molar refractivity (Wildman–Crippen MR) is 85.2 cm³/mol. The Morgan fingerprint density at radius 2 is 2.15 bits per heavy atom. The van der Waals surface area contributed by atoms with Crippen LogP contribution < -0.4 is 5.32 Å². The van der Waals surface area contributed by atoms with Crippen molar-refractivity contribution in [1.82, 2.24) is 10.2 Å². The summed E-state index contributed by atoms with van der Waals surface area (Å²) in [6.45, 7) is 10.9. The highest BCUT2D eigenvalue weighted by molar-refractivity contribution is 9.10. The van der Waals surface area contributed by atoms with E-state index in [0.29, 0.717) is 10.5 Å². The molecule has 2 rings (SSSR count). The maximum absolute atomic E-state index is 13.3. The molecule has 1 aromatic rings. The molecule has 112 valence electrons. The number of hydrogen-bond donors (Lipinski definition) is 1. The van der Waals surface area contributed by atoms with Gasteiger partial charge in [-0.15, -0.1) is 0 Å². The van der Waals surface area contributed by atoms with E-state index >= 15 is 0 Å². The Hall–Kier alpha value is -0.450. The van der Waals surface area contributed by atoms with Crippen molar-refractivity contribution in [1.29, 1.82) is 0 Å². The number of hydrogen-bond acceptors (Lipinski definition) is 2. The first-order chi connectivity index (χ1) is 9.36. The highest BCUT2D eigenvalue weighted by Crippen LogP contribution is 2.23. The van der Waals surface area contributed by atoms with Gasteiger partial charge in [0, 0.05) is 19.1 Å². The Labute approximate surface area is 129 Å². The minimum atomic E-state index is -0.196. The van der Waals surface area contributed by atoms with Crippen molar-refractivity contribution in [3.63, 3.8) is 0 Å². The van der Waals surface area contributed by atoms with E-state index in [-0.39, 0.29) is 11.2 Å². The van der Waals surface area contributed by atoms with Gasteiger partial charge < -0.3 is 5.32 Å². The monoisotopic (exact) mass is 342 g/mol. The van der Waals surface area contributed by atoms with Crippen molar-refractivity contribution in [2.24, 2.45) is 5.41 Å². The maximum atomic E-state index is 13.3. The van der Waals surface area contributed by atoms with E-state index in [9.17, 15) is 4.39 Å². The van der Waals surface area contributed by atoms with E-state index in [4.69, 9.17) is 0 Å². The van der Waals surface area contributed by atoms with Crippen LogP contribution in [0.25, 0.3) is 0 Å². The average Bonchev–Trinajstić information content (AvgIpc) is 2.59. The Balaban J connectivity index is 2.05. The lowest BCUT2D eigenvalue weighted by Crippen LogP contribution is -2.46. The zero-order valence-electron chi connectivity index (χ0n) is 12.5. The third-order valence-electron chi connectivity index (χ3n) is 3.92. The Morgan fingerprint density at radius 3 is 2.80 bits per heavy atom. The maximum Gasteiger partial charge on any atom is 0.137 e. The van der Waals surface area contributed by atoms with Crippen molar-refractivity contribution in [2.75, 3.05) is 19.6 Å². The fraction of sp³-hybridized carbons (Fsp3) is 0.625. The molecule has 0 saturated carbocycles. The number of halogens is 2. The molecule has 1 aliphatic heterocycles. The Bertz CT molecular complexity index is 456. The third kappa shape index (κ3) is 4.27. The normalized spacial score (nSPS) is 21.8. The van der Waals surface area contributed by atoms with Gasteiger partial charge in [-0.3, -0.25) is 4.90 Å². The van der Waals surface area contributed by atoms with E-state index in [1.54, 1.807) is 0 Å². The summed E-state index contributed by atoms with van der Waals surface area (Å²) in [5.74, 6) is -0.196. The molecule has 1 heterocycles. The minimum Gasteiger partial charge on any atom is -0.312 e. The van der Waals surface area contributed by atoms with Crippen molar-refractivity contribution in [2.45, 2.75) is 39.8 Å². The van der Waals surface area contributed by atoms with Gasteiger partial charge in [-0.1, -0.05) is 26.8 Å². The quantitative estimate of drug-likeness (QED) is 0.879. The summed E-state index contributed by atoms with van der Waals surface area (Å²) in [6, 6.07) is 5.80. The van der Waals surface area contributed by atoms with Crippen LogP contribution in [0.5, 0.6) is 0 Å². The van der Waals surface area contributed by atoms with Crippen LogP contribution in [0.2, 0.25) is 0 Å². The van der Waals surface area contributed by atoms with Crippen molar-refractivity contribution < 1.29 is 4.39 Å². The molecular weight excluding hydrogens is 319 g/mol. The summed E-state index contributed by atoms with van der Waals surface area (Å²) in [5.41, 5.74) is 1.42. The van der Waals surface area contributed by atoms with Gasteiger partial charge in [0.2, 0.25) is 0 Å². The first kappa shape index (κ1) is 15.9. The van der Waals surface area contributed by atoms with Crippen molar-refractivity contribution in [3.8, 4) is 0 Å². The molecule has 20 heavy (non-hydrogen) atoms. The highest BCUT2D eigenvalue weighted by atomic mass is 79.9. The van der Waals surface area contributed by atoms with Gasteiger partial charge >= 0.3 is 0 Å². The summed E-state index contributed by atoms with van der Waals surface area (Å²) >= 11 is 3.26. The lowest BCUT2D eigenvalue weighted by molar-refractivity contribution is 0.192. The second-order valence-electron chi connectivity index (χ2n) is 6.71. The first-order valence-corrected chi connectivity index (χ1v) is 8.05. The van der Waals surface area contributed by atoms with E-state index in [1.807, 2.05) is 12.1 Å². The van der Waals surface area contributed by atoms with Crippen LogP contribution in [0, 0.1) is 11.2 Å². The molecule has 4 heteroatoms. The summed E-state index contributed by atoms with van der Waals surface area (Å²) in [7, 11) is 0. The lowest BCUT2D eigenvalue weighted by atomic mass is 9.86. The molecule has 0 spiro atoms. The number of rotatable bonds is 2. The smallest absolute Gasteiger partial charge is 0.137 e. The van der Waals surface area contributed by atoms with Gasteiger partial charge in [0.1, 0.15) is 5.82 Å². The van der Waals surface area contributed by atoms with Gasteiger partial charge in [0.05, 0.1) is 4.47 Å². The predicted octanol–water partition coefficient (Wildman–Crippen LogP) is 3.80. The zero-order valence-corrected chi connectivity index (χ0v) is 14.1. The summed E-state index contributed by atoms with van der Waals surface area (Å²) in [5, 5.41) is 3.65. The van der Waals surface area contributed by atoms with Gasteiger partial charge in [-0.25, -0.2) is 4.39 Å². The van der Waals surface area contributed by atoms with Crippen LogP contribution in [-0.2, 0) is 6.54 Å². The molecule has 1 N–H and O–H groups in total. The molecule has 0 bridgehead atoms. The first-order valence-electron chi connectivity index (χ1n) is 7.26. The lowest BCUT2D eigenvalue weighted by Gasteiger charge is -2.33.